The molecule has 0 aliphatic rings. The predicted octanol–water partition coefficient (Wildman–Crippen LogP) is 12.7. The lowest BCUT2D eigenvalue weighted by molar-refractivity contribution is -0.225. The van der Waals surface area contributed by atoms with Crippen LogP contribution in [-0.2, 0) is 16.0 Å². The minimum atomic E-state index is -4.62. The van der Waals surface area contributed by atoms with Gasteiger partial charge in [0.25, 0.3) is 0 Å². The van der Waals surface area contributed by atoms with Crippen molar-refractivity contribution in [3.63, 3.8) is 0 Å². The van der Waals surface area contributed by atoms with E-state index in [9.17, 15) is 18.0 Å². The zero-order valence-corrected chi connectivity index (χ0v) is 28.9. The van der Waals surface area contributed by atoms with Gasteiger partial charge in [0.2, 0.25) is 0 Å². The highest BCUT2D eigenvalue weighted by Gasteiger charge is 2.43. The first-order valence-electron chi connectivity index (χ1n) is 17.1. The van der Waals surface area contributed by atoms with Crippen molar-refractivity contribution in [2.24, 2.45) is 0 Å². The first-order valence-corrected chi connectivity index (χ1v) is 17.5. The Hall–Kier alpha value is -3.77. The number of hydrogen-bond acceptors (Lipinski definition) is 3. The number of alkyl halides is 3. The number of esters is 1. The summed E-state index contributed by atoms with van der Waals surface area (Å²) in [7, 11) is 0. The van der Waals surface area contributed by atoms with Gasteiger partial charge in [0.1, 0.15) is 5.75 Å². The van der Waals surface area contributed by atoms with E-state index in [0.29, 0.717) is 23.6 Å². The molecule has 0 bridgehead atoms. The molecule has 0 aliphatic heterocycles. The van der Waals surface area contributed by atoms with Crippen LogP contribution in [0.2, 0.25) is 5.02 Å². The van der Waals surface area contributed by atoms with Crippen LogP contribution in [0.3, 0.4) is 0 Å². The molecule has 2 atom stereocenters. The van der Waals surface area contributed by atoms with Crippen LogP contribution < -0.4 is 4.74 Å². The molecule has 0 spiro atoms. The van der Waals surface area contributed by atoms with E-state index in [1.54, 1.807) is 24.3 Å². The largest absolute Gasteiger partial charge is 0.479 e. The molecule has 256 valence electrons. The van der Waals surface area contributed by atoms with Gasteiger partial charge in [-0.3, -0.25) is 0 Å². The fraction of sp³-hybridized carbons (Fsp3) is 0.390. The molecule has 4 aromatic rings. The second kappa shape index (κ2) is 18.1. The fourth-order valence-corrected chi connectivity index (χ4v) is 5.94. The van der Waals surface area contributed by atoms with Crippen LogP contribution in [0.5, 0.6) is 5.75 Å². The molecule has 0 aliphatic carbocycles. The van der Waals surface area contributed by atoms with Gasteiger partial charge in [-0.15, -0.1) is 0 Å². The van der Waals surface area contributed by atoms with Gasteiger partial charge in [0.05, 0.1) is 0 Å². The van der Waals surface area contributed by atoms with Gasteiger partial charge >= 0.3 is 12.1 Å². The molecule has 0 radical (unpaired) electrons. The second-order valence-electron chi connectivity index (χ2n) is 12.4. The Morgan fingerprint density at radius 1 is 0.688 bits per heavy atom. The third-order valence-corrected chi connectivity index (χ3v) is 8.86. The molecule has 2 unspecified atom stereocenters. The van der Waals surface area contributed by atoms with Crippen molar-refractivity contribution in [2.75, 3.05) is 0 Å². The van der Waals surface area contributed by atoms with Gasteiger partial charge in [-0.1, -0.05) is 137 Å². The molecule has 0 N–H and O–H groups in total. The SMILES string of the molecule is CCCCCCc1ccc(-c2ccc(-c3ccc(-c4ccc(OC(C)C(=O)OC(CCCCCC)C(F)(F)F)cc4)c(Cl)c3)cc2)cc1. The van der Waals surface area contributed by atoms with E-state index in [1.807, 2.05) is 25.1 Å². The van der Waals surface area contributed by atoms with E-state index in [-0.39, 0.29) is 6.42 Å². The quantitative estimate of drug-likeness (QED) is 0.0823. The van der Waals surface area contributed by atoms with Crippen molar-refractivity contribution in [3.8, 4) is 39.1 Å². The number of benzene rings is 4. The third kappa shape index (κ3) is 10.9. The van der Waals surface area contributed by atoms with Crippen molar-refractivity contribution in [3.05, 3.63) is 102 Å². The fourth-order valence-electron chi connectivity index (χ4n) is 5.65. The smallest absolute Gasteiger partial charge is 0.425 e. The molecule has 4 rings (SSSR count). The zero-order chi connectivity index (χ0) is 34.5. The van der Waals surface area contributed by atoms with E-state index in [0.717, 1.165) is 47.1 Å². The highest BCUT2D eigenvalue weighted by atomic mass is 35.5. The van der Waals surface area contributed by atoms with Crippen molar-refractivity contribution in [2.45, 2.75) is 103 Å². The molecule has 3 nitrogen and oxygen atoms in total. The number of hydrogen-bond donors (Lipinski definition) is 0. The molecular formula is C41H46ClF3O3. The molecular weight excluding hydrogens is 633 g/mol. The van der Waals surface area contributed by atoms with E-state index in [1.165, 1.54) is 43.7 Å². The molecule has 0 amide bonds. The Morgan fingerprint density at radius 2 is 1.21 bits per heavy atom. The van der Waals surface area contributed by atoms with Crippen molar-refractivity contribution >= 4 is 17.6 Å². The van der Waals surface area contributed by atoms with Gasteiger partial charge in [-0.2, -0.15) is 13.2 Å². The summed E-state index contributed by atoms with van der Waals surface area (Å²) in [6, 6.07) is 30.1. The lowest BCUT2D eigenvalue weighted by Gasteiger charge is -2.23. The van der Waals surface area contributed by atoms with Crippen molar-refractivity contribution < 1.29 is 27.4 Å². The van der Waals surface area contributed by atoms with Crippen molar-refractivity contribution in [1.82, 2.24) is 0 Å². The summed E-state index contributed by atoms with van der Waals surface area (Å²) in [5, 5.41) is 0.578. The Bertz CT molecular complexity index is 1570. The summed E-state index contributed by atoms with van der Waals surface area (Å²) in [4.78, 5) is 12.5. The van der Waals surface area contributed by atoms with Crippen LogP contribution in [0.25, 0.3) is 33.4 Å². The van der Waals surface area contributed by atoms with Crippen molar-refractivity contribution in [1.29, 1.82) is 0 Å². The number of rotatable bonds is 17. The van der Waals surface area contributed by atoms with Gasteiger partial charge in [0.15, 0.2) is 12.2 Å². The molecule has 0 saturated heterocycles. The monoisotopic (exact) mass is 678 g/mol. The van der Waals surface area contributed by atoms with Crippen LogP contribution in [0.15, 0.2) is 91.0 Å². The number of aryl methyl sites for hydroxylation is 1. The maximum absolute atomic E-state index is 13.4. The summed E-state index contributed by atoms with van der Waals surface area (Å²) in [5.41, 5.74) is 7.43. The molecule has 0 fully saturated rings. The Morgan fingerprint density at radius 3 is 1.77 bits per heavy atom. The third-order valence-electron chi connectivity index (χ3n) is 8.55. The van der Waals surface area contributed by atoms with Crippen LogP contribution in [-0.4, -0.2) is 24.4 Å². The Labute approximate surface area is 288 Å². The molecule has 7 heteroatoms. The number of ether oxygens (including phenoxy) is 2. The average molecular weight is 679 g/mol. The Balaban J connectivity index is 1.34. The standard InChI is InChI=1S/C41H46ClF3O3/c1-4-6-8-10-12-30-14-16-31(17-15-30)32-18-20-33(21-19-32)35-24-27-37(38(42)28-35)34-22-25-36(26-23-34)47-29(3)40(46)48-39(41(43,44)45)13-11-9-7-5-2/h14-29,39H,4-13H2,1-3H3. The predicted molar refractivity (Wildman–Crippen MR) is 190 cm³/mol. The number of unbranched alkanes of at least 4 members (excludes halogenated alkanes) is 6. The maximum Gasteiger partial charge on any atom is 0.425 e. The first-order chi connectivity index (χ1) is 23.1. The van der Waals surface area contributed by atoms with Gasteiger partial charge in [0, 0.05) is 10.6 Å². The number of carbonyl (C=O) groups excluding carboxylic acids is 1. The van der Waals surface area contributed by atoms with Crippen LogP contribution in [0, 0.1) is 0 Å². The van der Waals surface area contributed by atoms with Crippen LogP contribution >= 0.6 is 11.6 Å². The first kappa shape index (κ1) is 37.1. The molecule has 48 heavy (non-hydrogen) atoms. The van der Waals surface area contributed by atoms with Gasteiger partial charge in [-0.05, 0) is 84.2 Å². The Kier molecular flexibility index (Phi) is 14.0. The zero-order valence-electron chi connectivity index (χ0n) is 28.1. The highest BCUT2D eigenvalue weighted by molar-refractivity contribution is 6.33. The van der Waals surface area contributed by atoms with E-state index >= 15 is 0 Å². The summed E-state index contributed by atoms with van der Waals surface area (Å²) < 4.78 is 50.8. The number of halogens is 4. The van der Waals surface area contributed by atoms with Crippen LogP contribution in [0.4, 0.5) is 13.2 Å². The van der Waals surface area contributed by atoms with Crippen LogP contribution in [0.1, 0.15) is 84.1 Å². The molecule has 4 aromatic carbocycles. The number of carbonyl (C=O) groups is 1. The normalized spacial score (nSPS) is 12.8. The molecule has 0 aromatic heterocycles. The summed E-state index contributed by atoms with van der Waals surface area (Å²) in [5.74, 6) is -0.709. The van der Waals surface area contributed by atoms with E-state index in [2.05, 4.69) is 55.5 Å². The molecule has 0 saturated carbocycles. The lowest BCUT2D eigenvalue weighted by atomic mass is 9.97. The minimum absolute atomic E-state index is 0.255. The topological polar surface area (TPSA) is 35.5 Å². The molecule has 0 heterocycles. The summed E-state index contributed by atoms with van der Waals surface area (Å²) >= 11 is 6.73. The lowest BCUT2D eigenvalue weighted by Crippen LogP contribution is -2.38. The maximum atomic E-state index is 13.4. The minimum Gasteiger partial charge on any atom is -0.479 e. The van der Waals surface area contributed by atoms with Gasteiger partial charge < -0.3 is 9.47 Å². The second-order valence-corrected chi connectivity index (χ2v) is 12.8. The van der Waals surface area contributed by atoms with Gasteiger partial charge in [-0.25, -0.2) is 4.79 Å². The van der Waals surface area contributed by atoms with E-state index in [4.69, 9.17) is 21.1 Å². The summed E-state index contributed by atoms with van der Waals surface area (Å²) in [6.45, 7) is 5.60. The average Bonchev–Trinajstić information content (AvgIpc) is 3.08. The highest BCUT2D eigenvalue weighted by Crippen LogP contribution is 2.34. The summed E-state index contributed by atoms with van der Waals surface area (Å²) in [6.07, 6.45) is 0.703. The van der Waals surface area contributed by atoms with E-state index < -0.39 is 24.4 Å².